The van der Waals surface area contributed by atoms with E-state index < -0.39 is 22.7 Å². The number of pyridine rings is 1. The van der Waals surface area contributed by atoms with Gasteiger partial charge < -0.3 is 5.32 Å². The monoisotopic (exact) mass is 389 g/mol. The molecular formula is C11H15BrF3N3O2S. The first-order chi connectivity index (χ1) is 9.58. The predicted octanol–water partition coefficient (Wildman–Crippen LogP) is 2.85. The van der Waals surface area contributed by atoms with Crippen LogP contribution in [0.15, 0.2) is 21.6 Å². The fraction of sp³-hybridized carbons (Fsp3) is 0.545. The maximum absolute atomic E-state index is 12.4. The maximum Gasteiger partial charge on any atom is 0.402 e. The van der Waals surface area contributed by atoms with Gasteiger partial charge in [0.05, 0.1) is 0 Å². The van der Waals surface area contributed by atoms with Crippen molar-refractivity contribution in [3.8, 4) is 0 Å². The molecule has 1 aromatic rings. The zero-order valence-electron chi connectivity index (χ0n) is 11.4. The number of alkyl halides is 3. The second-order valence-electron chi connectivity index (χ2n) is 4.30. The van der Waals surface area contributed by atoms with Gasteiger partial charge >= 0.3 is 6.18 Å². The Morgan fingerprint density at radius 2 is 2.05 bits per heavy atom. The smallest absolute Gasteiger partial charge is 0.369 e. The van der Waals surface area contributed by atoms with Crippen LogP contribution < -0.4 is 5.32 Å². The van der Waals surface area contributed by atoms with Crippen molar-refractivity contribution in [1.82, 2.24) is 9.29 Å². The van der Waals surface area contributed by atoms with Gasteiger partial charge in [0, 0.05) is 24.3 Å². The summed E-state index contributed by atoms with van der Waals surface area (Å²) in [6, 6.07) is 1.23. The summed E-state index contributed by atoms with van der Waals surface area (Å²) in [4.78, 5) is 3.62. The van der Waals surface area contributed by atoms with Gasteiger partial charge in [0.2, 0.25) is 10.0 Å². The lowest BCUT2D eigenvalue weighted by atomic mass is 10.4. The topological polar surface area (TPSA) is 62.3 Å². The molecule has 1 N–H and O–H groups in total. The third-order valence-corrected chi connectivity index (χ3v) is 4.70. The largest absolute Gasteiger partial charge is 0.402 e. The predicted molar refractivity (Wildman–Crippen MR) is 76.6 cm³/mol. The molecule has 0 bridgehead atoms. The highest BCUT2D eigenvalue weighted by atomic mass is 79.9. The SMILES string of the molecule is CCCNc1ncc(Br)cc1S(=O)(=O)N(C)CC(F)(F)F. The van der Waals surface area contributed by atoms with E-state index in [1.807, 2.05) is 6.92 Å². The standard InChI is InChI=1S/C11H15BrF3N3O2S/c1-3-4-16-10-9(5-8(12)6-17-10)21(19,20)18(2)7-11(13,14)15/h5-6H,3-4,7H2,1-2H3,(H,16,17). The van der Waals surface area contributed by atoms with E-state index in [-0.39, 0.29) is 15.0 Å². The average molecular weight is 390 g/mol. The summed E-state index contributed by atoms with van der Waals surface area (Å²) in [6.07, 6.45) is -2.52. The molecule has 0 atom stereocenters. The number of halogens is 4. The molecule has 0 amide bonds. The molecule has 120 valence electrons. The summed E-state index contributed by atoms with van der Waals surface area (Å²) in [6.45, 7) is 0.769. The molecule has 1 rings (SSSR count). The molecule has 10 heteroatoms. The van der Waals surface area contributed by atoms with Gasteiger partial charge in [-0.2, -0.15) is 17.5 Å². The summed E-state index contributed by atoms with van der Waals surface area (Å²) >= 11 is 3.07. The van der Waals surface area contributed by atoms with Crippen molar-refractivity contribution in [3.63, 3.8) is 0 Å². The Hall–Kier alpha value is -0.870. The first-order valence-corrected chi connectivity index (χ1v) is 8.23. The molecule has 0 aliphatic carbocycles. The molecule has 0 saturated carbocycles. The van der Waals surface area contributed by atoms with Gasteiger partial charge in [0.15, 0.2) is 0 Å². The molecule has 0 fully saturated rings. The van der Waals surface area contributed by atoms with Crippen molar-refractivity contribution in [1.29, 1.82) is 0 Å². The van der Waals surface area contributed by atoms with Crippen LogP contribution in [0.2, 0.25) is 0 Å². The molecule has 0 unspecified atom stereocenters. The van der Waals surface area contributed by atoms with Gasteiger partial charge in [0.25, 0.3) is 0 Å². The minimum Gasteiger partial charge on any atom is -0.369 e. The number of sulfonamides is 1. The highest BCUT2D eigenvalue weighted by molar-refractivity contribution is 9.10. The zero-order chi connectivity index (χ0) is 16.3. The van der Waals surface area contributed by atoms with Gasteiger partial charge in [0.1, 0.15) is 17.3 Å². The minimum atomic E-state index is -4.61. The number of aromatic nitrogens is 1. The first-order valence-electron chi connectivity index (χ1n) is 6.00. The van der Waals surface area contributed by atoms with E-state index >= 15 is 0 Å². The van der Waals surface area contributed by atoms with Crippen LogP contribution >= 0.6 is 15.9 Å². The Morgan fingerprint density at radius 1 is 1.43 bits per heavy atom. The van der Waals surface area contributed by atoms with E-state index in [1.165, 1.54) is 12.3 Å². The number of nitrogens with zero attached hydrogens (tertiary/aromatic N) is 2. The molecule has 1 aromatic heterocycles. The second kappa shape index (κ2) is 6.93. The van der Waals surface area contributed by atoms with E-state index in [0.717, 1.165) is 13.5 Å². The van der Waals surface area contributed by atoms with Crippen molar-refractivity contribution in [2.24, 2.45) is 0 Å². The average Bonchev–Trinajstić information content (AvgIpc) is 2.35. The molecular weight excluding hydrogens is 375 g/mol. The lowest BCUT2D eigenvalue weighted by Gasteiger charge is -2.20. The van der Waals surface area contributed by atoms with Gasteiger partial charge in [-0.15, -0.1) is 0 Å². The van der Waals surface area contributed by atoms with Crippen molar-refractivity contribution in [2.45, 2.75) is 24.4 Å². The summed E-state index contributed by atoms with van der Waals surface area (Å²) in [5, 5.41) is 2.79. The number of hydrogen-bond donors (Lipinski definition) is 1. The third-order valence-electron chi connectivity index (χ3n) is 2.45. The quantitative estimate of drug-likeness (QED) is 0.812. The summed E-state index contributed by atoms with van der Waals surface area (Å²) in [7, 11) is -3.42. The number of hydrogen-bond acceptors (Lipinski definition) is 4. The molecule has 0 radical (unpaired) electrons. The number of rotatable bonds is 6. The van der Waals surface area contributed by atoms with Gasteiger partial charge in [-0.1, -0.05) is 6.92 Å². The van der Waals surface area contributed by atoms with E-state index in [9.17, 15) is 21.6 Å². The van der Waals surface area contributed by atoms with Crippen LogP contribution in [0.4, 0.5) is 19.0 Å². The van der Waals surface area contributed by atoms with E-state index in [1.54, 1.807) is 0 Å². The highest BCUT2D eigenvalue weighted by Gasteiger charge is 2.36. The van der Waals surface area contributed by atoms with Crippen molar-refractivity contribution >= 4 is 31.8 Å². The summed E-state index contributed by atoms with van der Waals surface area (Å²) in [5.41, 5.74) is 0. The van der Waals surface area contributed by atoms with Gasteiger partial charge in [-0.05, 0) is 28.4 Å². The molecule has 0 saturated heterocycles. The fourth-order valence-electron chi connectivity index (χ4n) is 1.50. The van der Waals surface area contributed by atoms with Crippen LogP contribution in [0.5, 0.6) is 0 Å². The van der Waals surface area contributed by atoms with Crippen molar-refractivity contribution in [3.05, 3.63) is 16.7 Å². The zero-order valence-corrected chi connectivity index (χ0v) is 13.8. The van der Waals surface area contributed by atoms with Crippen LogP contribution in [0.25, 0.3) is 0 Å². The van der Waals surface area contributed by atoms with Crippen LogP contribution in [0.1, 0.15) is 13.3 Å². The lowest BCUT2D eigenvalue weighted by Crippen LogP contribution is -2.36. The molecule has 21 heavy (non-hydrogen) atoms. The molecule has 1 heterocycles. The van der Waals surface area contributed by atoms with Crippen LogP contribution in [0.3, 0.4) is 0 Å². The third kappa shape index (κ3) is 5.11. The molecule has 0 aliphatic rings. The summed E-state index contributed by atoms with van der Waals surface area (Å²) < 4.78 is 62.3. The molecule has 0 aromatic carbocycles. The Labute approximate surface area is 129 Å². The normalized spacial score (nSPS) is 12.7. The summed E-state index contributed by atoms with van der Waals surface area (Å²) in [5.74, 6) is 0.0362. The van der Waals surface area contributed by atoms with Gasteiger partial charge in [-0.3, -0.25) is 0 Å². The Morgan fingerprint density at radius 3 is 2.57 bits per heavy atom. The highest BCUT2D eigenvalue weighted by Crippen LogP contribution is 2.27. The van der Waals surface area contributed by atoms with Gasteiger partial charge in [-0.25, -0.2) is 13.4 Å². The molecule has 0 aliphatic heterocycles. The second-order valence-corrected chi connectivity index (χ2v) is 7.23. The molecule has 5 nitrogen and oxygen atoms in total. The Bertz CT molecular complexity index is 593. The number of nitrogens with one attached hydrogen (secondary N) is 1. The maximum atomic E-state index is 12.4. The minimum absolute atomic E-state index is 0.0362. The van der Waals surface area contributed by atoms with Crippen LogP contribution in [-0.4, -0.2) is 44.0 Å². The van der Waals surface area contributed by atoms with Crippen LogP contribution in [-0.2, 0) is 10.0 Å². The van der Waals surface area contributed by atoms with E-state index in [4.69, 9.17) is 0 Å². The molecule has 0 spiro atoms. The van der Waals surface area contributed by atoms with Crippen molar-refractivity contribution in [2.75, 3.05) is 25.5 Å². The Kier molecular flexibility index (Phi) is 6.00. The van der Waals surface area contributed by atoms with Crippen molar-refractivity contribution < 1.29 is 21.6 Å². The van der Waals surface area contributed by atoms with Crippen LogP contribution in [0, 0.1) is 0 Å². The Balaban J connectivity index is 3.20. The van der Waals surface area contributed by atoms with E-state index in [0.29, 0.717) is 11.0 Å². The first kappa shape index (κ1) is 18.2. The fourth-order valence-corrected chi connectivity index (χ4v) is 3.28. The number of anilines is 1. The van der Waals surface area contributed by atoms with E-state index in [2.05, 4.69) is 26.2 Å². The lowest BCUT2D eigenvalue weighted by molar-refractivity contribution is -0.134.